The standard InChI is InChI=1S/C13H16O12.C8H8O7.C5H8O5.CH4/c1-6(15)23-10(12(19)20)11(24-7(2)16)13(21)25-9(22-5-14)4-3-8(17)18;1-3(9)13-5-6(14-4(2)10)8(12)15-7(5)11;6-3-10-5(9)2-1-4(7)8;/h5,9-11H,3-4H2,1-2H3,(H,17,18)(H,19,20);5-6H,1-2H3;3,5,9H,1-2H2,(H,7,8);1H4. The Morgan fingerprint density at radius 1 is 0.667 bits per heavy atom. The Kier molecular flexibility index (Phi) is 24.9. The summed E-state index contributed by atoms with van der Waals surface area (Å²) in [6.45, 7) is 3.78. The molecule has 1 saturated heterocycles. The monoisotopic (exact) mass is 744 g/mol. The average molecular weight is 745 g/mol. The molecular formula is C27H36O24. The second-order valence-corrected chi connectivity index (χ2v) is 8.85. The molecular weight excluding hydrogens is 708 g/mol. The summed E-state index contributed by atoms with van der Waals surface area (Å²) in [5.41, 5.74) is 0. The molecule has 0 aromatic rings. The van der Waals surface area contributed by atoms with Crippen LogP contribution in [0.25, 0.3) is 0 Å². The van der Waals surface area contributed by atoms with E-state index in [9.17, 15) is 57.5 Å². The molecule has 0 radical (unpaired) electrons. The highest BCUT2D eigenvalue weighted by Crippen LogP contribution is 2.17. The summed E-state index contributed by atoms with van der Waals surface area (Å²) < 4.78 is 35.1. The predicted octanol–water partition coefficient (Wildman–Crippen LogP) is -2.25. The van der Waals surface area contributed by atoms with Gasteiger partial charge >= 0.3 is 59.7 Å². The number of aliphatic hydroxyl groups is 1. The van der Waals surface area contributed by atoms with E-state index in [0.717, 1.165) is 27.7 Å². The quantitative estimate of drug-likeness (QED) is 0.0378. The molecule has 0 saturated carbocycles. The van der Waals surface area contributed by atoms with E-state index in [1.165, 1.54) is 0 Å². The number of rotatable bonds is 18. The summed E-state index contributed by atoms with van der Waals surface area (Å²) in [7, 11) is 0. The smallest absolute Gasteiger partial charge is 0.359 e. The van der Waals surface area contributed by atoms with Crippen molar-refractivity contribution in [3.05, 3.63) is 0 Å². The number of aliphatic hydroxyl groups excluding tert-OH is 1. The fraction of sp³-hybridized carbons (Fsp3) is 0.556. The van der Waals surface area contributed by atoms with Crippen LogP contribution in [0.5, 0.6) is 0 Å². The molecule has 6 atom stereocenters. The van der Waals surface area contributed by atoms with E-state index in [-0.39, 0.29) is 33.2 Å². The number of cyclic esters (lactones) is 2. The Labute approximate surface area is 286 Å². The third-order valence-corrected chi connectivity index (χ3v) is 4.73. The van der Waals surface area contributed by atoms with Crippen LogP contribution < -0.4 is 0 Å². The van der Waals surface area contributed by atoms with Gasteiger partial charge in [0.1, 0.15) is 0 Å². The fourth-order valence-electron chi connectivity index (χ4n) is 2.91. The van der Waals surface area contributed by atoms with E-state index in [1.807, 2.05) is 0 Å². The minimum atomic E-state index is -2.22. The Morgan fingerprint density at radius 2 is 1.08 bits per heavy atom. The molecule has 0 aromatic heterocycles. The van der Waals surface area contributed by atoms with Gasteiger partial charge < -0.3 is 58.3 Å². The van der Waals surface area contributed by atoms with Crippen LogP contribution in [0.4, 0.5) is 0 Å². The second kappa shape index (κ2) is 25.8. The van der Waals surface area contributed by atoms with Crippen LogP contribution in [-0.4, -0.2) is 130 Å². The molecule has 288 valence electrons. The molecule has 51 heavy (non-hydrogen) atoms. The van der Waals surface area contributed by atoms with Gasteiger partial charge in [-0.2, -0.15) is 0 Å². The van der Waals surface area contributed by atoms with Crippen molar-refractivity contribution < 1.29 is 116 Å². The summed E-state index contributed by atoms with van der Waals surface area (Å²) in [6, 6.07) is 0. The molecule has 24 nitrogen and oxygen atoms in total. The van der Waals surface area contributed by atoms with Crippen LogP contribution in [0.2, 0.25) is 0 Å². The van der Waals surface area contributed by atoms with Gasteiger partial charge in [-0.05, 0) is 0 Å². The van der Waals surface area contributed by atoms with Gasteiger partial charge in [-0.25, -0.2) is 19.2 Å². The number of carbonyl (C=O) groups is 12. The van der Waals surface area contributed by atoms with E-state index < -0.39 is 110 Å². The lowest BCUT2D eigenvalue weighted by Gasteiger charge is -2.23. The number of carboxylic acid groups (broad SMARTS) is 3. The van der Waals surface area contributed by atoms with Crippen molar-refractivity contribution in [3.63, 3.8) is 0 Å². The van der Waals surface area contributed by atoms with Gasteiger partial charge in [0.05, 0.1) is 12.8 Å². The maximum absolute atomic E-state index is 12.0. The summed E-state index contributed by atoms with van der Waals surface area (Å²) in [5.74, 6) is -11.4. The lowest BCUT2D eigenvalue weighted by atomic mass is 10.2. The molecule has 6 unspecified atom stereocenters. The number of carboxylic acids is 3. The first kappa shape index (κ1) is 49.2. The van der Waals surface area contributed by atoms with Gasteiger partial charge in [-0.1, -0.05) is 7.43 Å². The van der Waals surface area contributed by atoms with Gasteiger partial charge in [0.2, 0.25) is 37.0 Å². The first-order valence-corrected chi connectivity index (χ1v) is 13.3. The average Bonchev–Trinajstić information content (AvgIpc) is 3.23. The van der Waals surface area contributed by atoms with E-state index in [4.69, 9.17) is 20.4 Å². The van der Waals surface area contributed by atoms with Gasteiger partial charge in [-0.15, -0.1) is 0 Å². The zero-order chi connectivity index (χ0) is 39.1. The number of carbonyl (C=O) groups excluding carboxylic acids is 9. The van der Waals surface area contributed by atoms with Crippen molar-refractivity contribution in [2.24, 2.45) is 0 Å². The van der Waals surface area contributed by atoms with E-state index in [2.05, 4.69) is 37.9 Å². The summed E-state index contributed by atoms with van der Waals surface area (Å²) in [5, 5.41) is 34.2. The minimum absolute atomic E-state index is 0. The first-order chi connectivity index (χ1) is 23.2. The molecule has 1 heterocycles. The predicted molar refractivity (Wildman–Crippen MR) is 152 cm³/mol. The number of hydrogen-bond acceptors (Lipinski definition) is 21. The minimum Gasteiger partial charge on any atom is -0.481 e. The van der Waals surface area contributed by atoms with Crippen LogP contribution in [-0.2, 0) is 95.4 Å². The van der Waals surface area contributed by atoms with Crippen molar-refractivity contribution in [2.75, 3.05) is 0 Å². The maximum atomic E-state index is 12.0. The topological polar surface area (TPSA) is 360 Å². The van der Waals surface area contributed by atoms with Crippen LogP contribution in [0, 0.1) is 0 Å². The van der Waals surface area contributed by atoms with E-state index in [1.54, 1.807) is 0 Å². The molecule has 0 spiro atoms. The first-order valence-electron chi connectivity index (χ1n) is 13.3. The molecule has 24 heteroatoms. The molecule has 0 aliphatic carbocycles. The Hall–Kier alpha value is -6.20. The zero-order valence-electron chi connectivity index (χ0n) is 26.4. The highest BCUT2D eigenvalue weighted by molar-refractivity contribution is 6.01. The number of hydrogen-bond donors (Lipinski definition) is 4. The summed E-state index contributed by atoms with van der Waals surface area (Å²) in [4.78, 5) is 129. The fourth-order valence-corrected chi connectivity index (χ4v) is 2.91. The van der Waals surface area contributed by atoms with Crippen LogP contribution >= 0.6 is 0 Å². The largest absolute Gasteiger partial charge is 0.481 e. The van der Waals surface area contributed by atoms with Gasteiger partial charge in [0, 0.05) is 40.5 Å². The maximum Gasteiger partial charge on any atom is 0.359 e. The number of aliphatic carboxylic acids is 3. The highest BCUT2D eigenvalue weighted by atomic mass is 16.7. The zero-order valence-corrected chi connectivity index (χ0v) is 26.4. The van der Waals surface area contributed by atoms with E-state index >= 15 is 0 Å². The lowest BCUT2D eigenvalue weighted by Crippen LogP contribution is -2.47. The number of esters is 7. The van der Waals surface area contributed by atoms with E-state index in [0.29, 0.717) is 0 Å². The molecule has 0 aromatic carbocycles. The Morgan fingerprint density at radius 3 is 1.43 bits per heavy atom. The van der Waals surface area contributed by atoms with Crippen LogP contribution in [0.1, 0.15) is 60.8 Å². The highest BCUT2D eigenvalue weighted by Gasteiger charge is 2.49. The Bertz CT molecular complexity index is 1240. The number of ether oxygens (including phenoxy) is 8. The third kappa shape index (κ3) is 22.9. The third-order valence-electron chi connectivity index (χ3n) is 4.73. The molecule has 0 bridgehead atoms. The molecule has 4 N–H and O–H groups in total. The van der Waals surface area contributed by atoms with Crippen molar-refractivity contribution >= 4 is 72.6 Å². The molecule has 0 amide bonds. The second-order valence-electron chi connectivity index (χ2n) is 8.85. The van der Waals surface area contributed by atoms with Crippen LogP contribution in [0.3, 0.4) is 0 Å². The van der Waals surface area contributed by atoms with Gasteiger partial charge in [-0.3, -0.25) is 38.4 Å². The van der Waals surface area contributed by atoms with Crippen molar-refractivity contribution in [3.8, 4) is 0 Å². The normalized spacial score (nSPS) is 16.3. The molecule has 1 aliphatic heterocycles. The van der Waals surface area contributed by atoms with Crippen molar-refractivity contribution in [2.45, 2.75) is 97.8 Å². The van der Waals surface area contributed by atoms with Gasteiger partial charge in [0.15, 0.2) is 0 Å². The SMILES string of the molecule is C.CC(=O)OC(C(=O)O)C(OC(C)=O)C(=O)OC(CCC(=O)O)OC=O.CC(=O)OC1C(=O)OC(=O)C1OC(C)=O.O=COC(O)CCC(=O)O. The molecule has 1 fully saturated rings. The summed E-state index contributed by atoms with van der Waals surface area (Å²) in [6.07, 6.45) is -11.7. The van der Waals surface area contributed by atoms with Crippen molar-refractivity contribution in [1.29, 1.82) is 0 Å². The summed E-state index contributed by atoms with van der Waals surface area (Å²) >= 11 is 0. The Balaban J connectivity index is -0.000000748. The molecule has 1 rings (SSSR count). The van der Waals surface area contributed by atoms with Crippen molar-refractivity contribution in [1.82, 2.24) is 0 Å². The van der Waals surface area contributed by atoms with Crippen LogP contribution in [0.15, 0.2) is 0 Å². The van der Waals surface area contributed by atoms with Gasteiger partial charge in [0.25, 0.3) is 12.9 Å². The molecule has 1 aliphatic rings. The lowest BCUT2D eigenvalue weighted by molar-refractivity contribution is -0.204.